The van der Waals surface area contributed by atoms with Gasteiger partial charge in [-0.25, -0.2) is 14.2 Å². The van der Waals surface area contributed by atoms with Crippen molar-refractivity contribution in [2.24, 2.45) is 0 Å². The van der Waals surface area contributed by atoms with Gasteiger partial charge < -0.3 is 10.0 Å². The standard InChI is InChI=1S/C18H18F5N7O/c19-17(20)29-6-11(4-25-29)10-3-14-15(24-9-26-28(14)5-10)27-7-12-1-2-13(8-27)30(12)16(31)18(21,22)23/h3-6,9,12-13,16-17,31H,1-2,7-8H2. The van der Waals surface area contributed by atoms with Gasteiger partial charge in [0.2, 0.25) is 6.23 Å². The summed E-state index contributed by atoms with van der Waals surface area (Å²) in [7, 11) is 0. The minimum absolute atomic E-state index is 0.278. The first-order valence-electron chi connectivity index (χ1n) is 9.65. The minimum atomic E-state index is -4.70. The molecular formula is C18H18F5N7O. The van der Waals surface area contributed by atoms with E-state index in [1.807, 2.05) is 4.90 Å². The number of aliphatic hydroxyl groups is 1. The molecule has 3 atom stereocenters. The first-order valence-corrected chi connectivity index (χ1v) is 9.65. The van der Waals surface area contributed by atoms with Crippen molar-refractivity contribution in [3.8, 4) is 11.1 Å². The molecule has 3 unspecified atom stereocenters. The Hall–Kier alpha value is -2.80. The molecule has 0 aliphatic carbocycles. The van der Waals surface area contributed by atoms with Crippen LogP contribution >= 0.6 is 0 Å². The molecule has 0 saturated carbocycles. The highest BCUT2D eigenvalue weighted by Gasteiger charge is 2.52. The Balaban J connectivity index is 1.44. The quantitative estimate of drug-likeness (QED) is 0.625. The number of nitrogens with zero attached hydrogens (tertiary/aromatic N) is 7. The van der Waals surface area contributed by atoms with Gasteiger partial charge in [0.1, 0.15) is 11.8 Å². The molecule has 5 rings (SSSR count). The second kappa shape index (κ2) is 7.12. The molecule has 5 heterocycles. The van der Waals surface area contributed by atoms with Crippen molar-refractivity contribution in [2.45, 2.75) is 43.9 Å². The van der Waals surface area contributed by atoms with Crippen molar-refractivity contribution < 1.29 is 27.1 Å². The van der Waals surface area contributed by atoms with E-state index < -0.39 is 31.0 Å². The number of halogens is 5. The van der Waals surface area contributed by atoms with Gasteiger partial charge in [-0.15, -0.1) is 0 Å². The van der Waals surface area contributed by atoms with E-state index in [-0.39, 0.29) is 13.1 Å². The van der Waals surface area contributed by atoms with E-state index in [9.17, 15) is 27.1 Å². The summed E-state index contributed by atoms with van der Waals surface area (Å²) in [5.74, 6) is 0.542. The molecule has 8 nitrogen and oxygen atoms in total. The third-order valence-corrected chi connectivity index (χ3v) is 5.93. The van der Waals surface area contributed by atoms with Crippen LogP contribution in [0.2, 0.25) is 0 Å². The van der Waals surface area contributed by atoms with Crippen LogP contribution < -0.4 is 4.90 Å². The Labute approximate surface area is 172 Å². The first-order chi connectivity index (χ1) is 14.7. The van der Waals surface area contributed by atoms with E-state index in [4.69, 9.17) is 0 Å². The Kier molecular flexibility index (Phi) is 4.62. The second-order valence-electron chi connectivity index (χ2n) is 7.78. The molecule has 2 aliphatic heterocycles. The average Bonchev–Trinajstić information content (AvgIpc) is 3.42. The van der Waals surface area contributed by atoms with Gasteiger partial charge >= 0.3 is 12.7 Å². The van der Waals surface area contributed by atoms with Crippen molar-refractivity contribution in [1.29, 1.82) is 0 Å². The van der Waals surface area contributed by atoms with Gasteiger partial charge in [-0.3, -0.25) is 4.90 Å². The zero-order valence-corrected chi connectivity index (χ0v) is 16.0. The zero-order chi connectivity index (χ0) is 21.9. The molecule has 2 bridgehead atoms. The molecule has 0 spiro atoms. The maximum absolute atomic E-state index is 13.1. The summed E-state index contributed by atoms with van der Waals surface area (Å²) in [6.07, 6.45) is -0.536. The van der Waals surface area contributed by atoms with Crippen molar-refractivity contribution in [1.82, 2.24) is 29.3 Å². The zero-order valence-electron chi connectivity index (χ0n) is 16.0. The van der Waals surface area contributed by atoms with Gasteiger partial charge in [0.15, 0.2) is 5.82 Å². The predicted molar refractivity (Wildman–Crippen MR) is 98.4 cm³/mol. The highest BCUT2D eigenvalue weighted by Crippen LogP contribution is 2.38. The topological polar surface area (TPSA) is 74.7 Å². The Bertz CT molecular complexity index is 1080. The number of hydrogen-bond donors (Lipinski definition) is 1. The highest BCUT2D eigenvalue weighted by molar-refractivity contribution is 5.77. The normalized spacial score (nSPS) is 23.3. The minimum Gasteiger partial charge on any atom is -0.370 e. The summed E-state index contributed by atoms with van der Waals surface area (Å²) in [5.41, 5.74) is 1.70. The van der Waals surface area contributed by atoms with E-state index in [0.717, 1.165) is 4.90 Å². The SMILES string of the molecule is OC(N1C2CCC1CN(c1ncnn3cc(-c4cnn(C(F)F)c4)cc13)C2)C(F)(F)F. The van der Waals surface area contributed by atoms with Crippen molar-refractivity contribution in [3.05, 3.63) is 31.0 Å². The van der Waals surface area contributed by atoms with Gasteiger partial charge in [0, 0.05) is 48.7 Å². The van der Waals surface area contributed by atoms with Gasteiger partial charge in [0.25, 0.3) is 0 Å². The van der Waals surface area contributed by atoms with Gasteiger partial charge in [-0.05, 0) is 18.9 Å². The van der Waals surface area contributed by atoms with E-state index >= 15 is 0 Å². The summed E-state index contributed by atoms with van der Waals surface area (Å²) in [5, 5.41) is 17.6. The molecule has 2 fully saturated rings. The van der Waals surface area contributed by atoms with Crippen LogP contribution in [0, 0.1) is 0 Å². The molecule has 0 aromatic carbocycles. The van der Waals surface area contributed by atoms with Gasteiger partial charge in [-0.1, -0.05) is 0 Å². The van der Waals surface area contributed by atoms with Crippen molar-refractivity contribution >= 4 is 11.3 Å². The van der Waals surface area contributed by atoms with Crippen LogP contribution in [0.3, 0.4) is 0 Å². The predicted octanol–water partition coefficient (Wildman–Crippen LogP) is 2.52. The number of rotatable bonds is 4. The lowest BCUT2D eigenvalue weighted by Crippen LogP contribution is -2.60. The van der Waals surface area contributed by atoms with Crippen LogP contribution in [0.5, 0.6) is 0 Å². The lowest BCUT2D eigenvalue weighted by atomic mass is 10.1. The molecule has 2 saturated heterocycles. The number of alkyl halides is 5. The van der Waals surface area contributed by atoms with Crippen LogP contribution in [0.4, 0.5) is 27.8 Å². The molecule has 13 heteroatoms. The maximum Gasteiger partial charge on any atom is 0.428 e. The fraction of sp³-hybridized carbons (Fsp3) is 0.500. The van der Waals surface area contributed by atoms with Gasteiger partial charge in [-0.2, -0.15) is 32.1 Å². The van der Waals surface area contributed by atoms with E-state index in [1.54, 1.807) is 16.8 Å². The molecule has 3 aromatic rings. The van der Waals surface area contributed by atoms with Crippen molar-refractivity contribution in [2.75, 3.05) is 18.0 Å². The van der Waals surface area contributed by atoms with E-state index in [0.29, 0.717) is 40.0 Å². The van der Waals surface area contributed by atoms with Crippen LogP contribution in [0.15, 0.2) is 31.0 Å². The lowest BCUT2D eigenvalue weighted by molar-refractivity contribution is -0.259. The molecule has 31 heavy (non-hydrogen) atoms. The largest absolute Gasteiger partial charge is 0.428 e. The summed E-state index contributed by atoms with van der Waals surface area (Å²) in [6.45, 7) is -2.19. The van der Waals surface area contributed by atoms with Gasteiger partial charge in [0.05, 0.1) is 6.20 Å². The van der Waals surface area contributed by atoms with E-state index in [1.165, 1.54) is 18.7 Å². The van der Waals surface area contributed by atoms with Crippen LogP contribution in [0.25, 0.3) is 16.6 Å². The number of piperazine rings is 1. The molecular weight excluding hydrogens is 425 g/mol. The summed E-state index contributed by atoms with van der Waals surface area (Å²) in [4.78, 5) is 7.38. The number of aromatic nitrogens is 5. The fourth-order valence-corrected chi connectivity index (χ4v) is 4.59. The maximum atomic E-state index is 13.1. The number of fused-ring (bicyclic) bond motifs is 3. The molecule has 3 aromatic heterocycles. The molecule has 2 aliphatic rings. The highest BCUT2D eigenvalue weighted by atomic mass is 19.4. The van der Waals surface area contributed by atoms with E-state index in [2.05, 4.69) is 15.2 Å². The molecule has 0 radical (unpaired) electrons. The number of hydrogen-bond acceptors (Lipinski definition) is 6. The van der Waals surface area contributed by atoms with Crippen LogP contribution in [-0.4, -0.2) is 72.0 Å². The molecule has 1 N–H and O–H groups in total. The fourth-order valence-electron chi connectivity index (χ4n) is 4.59. The van der Waals surface area contributed by atoms with Crippen LogP contribution in [-0.2, 0) is 0 Å². The third kappa shape index (κ3) is 3.41. The summed E-state index contributed by atoms with van der Waals surface area (Å²) < 4.78 is 67.0. The average molecular weight is 443 g/mol. The lowest BCUT2D eigenvalue weighted by Gasteiger charge is -2.43. The first kappa shape index (κ1) is 20.1. The third-order valence-electron chi connectivity index (χ3n) is 5.93. The second-order valence-corrected chi connectivity index (χ2v) is 7.78. The molecule has 166 valence electrons. The molecule has 0 amide bonds. The monoisotopic (exact) mass is 443 g/mol. The Morgan fingerprint density at radius 2 is 1.74 bits per heavy atom. The Morgan fingerprint density at radius 1 is 1.03 bits per heavy atom. The number of aliphatic hydroxyl groups excluding tert-OH is 1. The number of anilines is 1. The van der Waals surface area contributed by atoms with Crippen molar-refractivity contribution in [3.63, 3.8) is 0 Å². The summed E-state index contributed by atoms with van der Waals surface area (Å²) >= 11 is 0. The summed E-state index contributed by atoms with van der Waals surface area (Å²) in [6, 6.07) is 0.828. The smallest absolute Gasteiger partial charge is 0.370 e. The Morgan fingerprint density at radius 3 is 2.35 bits per heavy atom. The van der Waals surface area contributed by atoms with Crippen LogP contribution in [0.1, 0.15) is 19.4 Å².